The van der Waals surface area contributed by atoms with Gasteiger partial charge in [-0.05, 0) is 62.6 Å². The van der Waals surface area contributed by atoms with Crippen LogP contribution in [0.5, 0.6) is 5.75 Å². The first-order valence-electron chi connectivity index (χ1n) is 12.3. The fourth-order valence-electron chi connectivity index (χ4n) is 5.19. The summed E-state index contributed by atoms with van der Waals surface area (Å²) in [7, 11) is 1.55. The van der Waals surface area contributed by atoms with Crippen molar-refractivity contribution < 1.29 is 33.0 Å². The molecule has 2 aromatic carbocycles. The molecule has 0 fully saturated rings. The molecule has 0 radical (unpaired) electrons. The minimum absolute atomic E-state index is 0.117. The van der Waals surface area contributed by atoms with Gasteiger partial charge in [0.05, 0.1) is 25.9 Å². The van der Waals surface area contributed by atoms with Crippen LogP contribution in [0.4, 0.5) is 4.39 Å². The SMILES string of the molecule is CCOC(=O)C1=C(C)NC2=C(C(=O)C(C(=O)OCC)C(c3cccc(OC)c3)C2)C1c1ccc(F)cc1. The number of ketones is 1. The Kier molecular flexibility index (Phi) is 7.76. The fourth-order valence-corrected chi connectivity index (χ4v) is 5.19. The molecule has 1 aliphatic carbocycles. The van der Waals surface area contributed by atoms with E-state index in [9.17, 15) is 18.8 Å². The number of carbonyl (C=O) groups is 3. The van der Waals surface area contributed by atoms with Gasteiger partial charge < -0.3 is 19.5 Å². The average Bonchev–Trinajstić information content (AvgIpc) is 2.88. The number of benzene rings is 2. The Morgan fingerprint density at radius 2 is 1.73 bits per heavy atom. The summed E-state index contributed by atoms with van der Waals surface area (Å²) in [5.74, 6) is -3.96. The van der Waals surface area contributed by atoms with Gasteiger partial charge in [0.15, 0.2) is 5.78 Å². The van der Waals surface area contributed by atoms with E-state index in [0.717, 1.165) is 5.56 Å². The van der Waals surface area contributed by atoms with Crippen LogP contribution in [0.15, 0.2) is 71.1 Å². The Balaban J connectivity index is 1.89. The molecule has 0 saturated heterocycles. The minimum Gasteiger partial charge on any atom is -0.497 e. The quantitative estimate of drug-likeness (QED) is 0.434. The van der Waals surface area contributed by atoms with Gasteiger partial charge in [0.2, 0.25) is 0 Å². The number of methoxy groups -OCH3 is 1. The van der Waals surface area contributed by atoms with Crippen LogP contribution in [0.2, 0.25) is 0 Å². The second kappa shape index (κ2) is 11.0. The predicted molar refractivity (Wildman–Crippen MR) is 134 cm³/mol. The highest BCUT2D eigenvalue weighted by molar-refractivity contribution is 6.13. The van der Waals surface area contributed by atoms with Crippen LogP contribution < -0.4 is 10.1 Å². The second-order valence-electron chi connectivity index (χ2n) is 8.94. The molecule has 0 saturated carbocycles. The van der Waals surface area contributed by atoms with Gasteiger partial charge in [0.25, 0.3) is 0 Å². The summed E-state index contributed by atoms with van der Waals surface area (Å²) in [5.41, 5.74) is 3.00. The third kappa shape index (κ3) is 5.01. The number of hydrogen-bond acceptors (Lipinski definition) is 7. The molecular weight excluding hydrogens is 477 g/mol. The summed E-state index contributed by atoms with van der Waals surface area (Å²) in [4.78, 5) is 40.5. The van der Waals surface area contributed by atoms with E-state index in [2.05, 4.69) is 5.32 Å². The zero-order valence-electron chi connectivity index (χ0n) is 21.3. The summed E-state index contributed by atoms with van der Waals surface area (Å²) >= 11 is 0. The summed E-state index contributed by atoms with van der Waals surface area (Å²) in [6.45, 7) is 5.39. The zero-order valence-corrected chi connectivity index (χ0v) is 21.3. The van der Waals surface area contributed by atoms with Crippen molar-refractivity contribution in [3.63, 3.8) is 0 Å². The van der Waals surface area contributed by atoms with Gasteiger partial charge in [-0.1, -0.05) is 24.3 Å². The number of halogens is 1. The highest BCUT2D eigenvalue weighted by atomic mass is 19.1. The smallest absolute Gasteiger partial charge is 0.336 e. The van der Waals surface area contributed by atoms with Crippen molar-refractivity contribution in [2.24, 2.45) is 5.92 Å². The maximum absolute atomic E-state index is 14.2. The molecule has 1 N–H and O–H groups in total. The van der Waals surface area contributed by atoms with E-state index in [-0.39, 0.29) is 24.4 Å². The Bertz CT molecular complexity index is 1280. The highest BCUT2D eigenvalue weighted by Gasteiger charge is 2.49. The largest absolute Gasteiger partial charge is 0.497 e. The number of carbonyl (C=O) groups excluding carboxylic acids is 3. The van der Waals surface area contributed by atoms with Crippen molar-refractivity contribution in [3.8, 4) is 5.75 Å². The van der Waals surface area contributed by atoms with E-state index < -0.39 is 41.3 Å². The summed E-state index contributed by atoms with van der Waals surface area (Å²) in [5, 5.41) is 3.25. The molecule has 0 spiro atoms. The van der Waals surface area contributed by atoms with E-state index in [1.54, 1.807) is 46.1 Å². The van der Waals surface area contributed by atoms with Gasteiger partial charge in [0, 0.05) is 28.8 Å². The number of dihydropyridines is 1. The molecule has 3 unspecified atom stereocenters. The maximum atomic E-state index is 14.2. The number of esters is 2. The normalized spacial score (nSPS) is 21.2. The minimum atomic E-state index is -1.13. The molecule has 8 heteroatoms. The number of hydrogen-bond donors (Lipinski definition) is 1. The van der Waals surface area contributed by atoms with E-state index >= 15 is 0 Å². The lowest BCUT2D eigenvalue weighted by atomic mass is 9.67. The lowest BCUT2D eigenvalue weighted by molar-refractivity contribution is -0.152. The lowest BCUT2D eigenvalue weighted by Crippen LogP contribution is -2.43. The first kappa shape index (κ1) is 26.1. The molecule has 2 aliphatic rings. The van der Waals surface area contributed by atoms with Crippen molar-refractivity contribution in [3.05, 3.63) is 88.0 Å². The van der Waals surface area contributed by atoms with Crippen LogP contribution in [0, 0.1) is 11.7 Å². The van der Waals surface area contributed by atoms with Crippen molar-refractivity contribution in [1.29, 1.82) is 0 Å². The standard InChI is InChI=1S/C29H30FNO6/c1-5-36-28(33)23-16(3)31-22-15-21(18-8-7-9-20(14-18)35-4)25(29(34)37-6-2)27(32)26(22)24(23)17-10-12-19(30)13-11-17/h7-14,21,24-25,31H,5-6,15H2,1-4H3. The molecule has 4 rings (SSSR count). The fraction of sp³-hybridized carbons (Fsp3) is 0.345. The number of rotatable bonds is 7. The summed E-state index contributed by atoms with van der Waals surface area (Å²) in [6.07, 6.45) is 0.322. The van der Waals surface area contributed by atoms with E-state index in [4.69, 9.17) is 14.2 Å². The molecule has 0 amide bonds. The van der Waals surface area contributed by atoms with Crippen LogP contribution in [0.3, 0.4) is 0 Å². The van der Waals surface area contributed by atoms with Crippen LogP contribution in [-0.4, -0.2) is 38.0 Å². The average molecular weight is 508 g/mol. The van der Waals surface area contributed by atoms with Crippen molar-refractivity contribution >= 4 is 17.7 Å². The Morgan fingerprint density at radius 3 is 2.38 bits per heavy atom. The molecule has 1 heterocycles. The third-order valence-corrected chi connectivity index (χ3v) is 6.78. The zero-order chi connectivity index (χ0) is 26.7. The number of allylic oxidation sites excluding steroid dienone is 3. The lowest BCUT2D eigenvalue weighted by Gasteiger charge is -2.39. The van der Waals surface area contributed by atoms with Crippen LogP contribution in [0.25, 0.3) is 0 Å². The van der Waals surface area contributed by atoms with Crippen molar-refractivity contribution in [2.75, 3.05) is 20.3 Å². The van der Waals surface area contributed by atoms with E-state index in [0.29, 0.717) is 29.1 Å². The second-order valence-corrected chi connectivity index (χ2v) is 8.94. The van der Waals surface area contributed by atoms with E-state index in [1.807, 2.05) is 18.2 Å². The Morgan fingerprint density at radius 1 is 1.03 bits per heavy atom. The summed E-state index contributed by atoms with van der Waals surface area (Å²) in [6, 6.07) is 12.9. The predicted octanol–water partition coefficient (Wildman–Crippen LogP) is 4.55. The monoisotopic (exact) mass is 507 g/mol. The molecule has 3 atom stereocenters. The first-order valence-corrected chi connectivity index (χ1v) is 12.3. The molecule has 0 bridgehead atoms. The van der Waals surface area contributed by atoms with Crippen LogP contribution in [0.1, 0.15) is 50.2 Å². The molecule has 194 valence electrons. The van der Waals surface area contributed by atoms with Gasteiger partial charge in [-0.3, -0.25) is 9.59 Å². The third-order valence-electron chi connectivity index (χ3n) is 6.78. The van der Waals surface area contributed by atoms with Crippen molar-refractivity contribution in [1.82, 2.24) is 5.32 Å². The van der Waals surface area contributed by atoms with Gasteiger partial charge in [0.1, 0.15) is 17.5 Å². The molecule has 2 aromatic rings. The highest BCUT2D eigenvalue weighted by Crippen LogP contribution is 2.48. The topological polar surface area (TPSA) is 90.9 Å². The molecule has 7 nitrogen and oxygen atoms in total. The first-order chi connectivity index (χ1) is 17.8. The molecule has 0 aromatic heterocycles. The number of nitrogens with one attached hydrogen (secondary N) is 1. The molecular formula is C29H30FNO6. The van der Waals surface area contributed by atoms with Crippen molar-refractivity contribution in [2.45, 2.75) is 39.0 Å². The Labute approximate surface area is 215 Å². The van der Waals surface area contributed by atoms with Crippen LogP contribution >= 0.6 is 0 Å². The van der Waals surface area contributed by atoms with Gasteiger partial charge in [-0.25, -0.2) is 9.18 Å². The Hall–Kier alpha value is -3.94. The number of ether oxygens (including phenoxy) is 3. The van der Waals surface area contributed by atoms with Gasteiger partial charge in [-0.15, -0.1) is 0 Å². The molecule has 37 heavy (non-hydrogen) atoms. The molecule has 1 aliphatic heterocycles. The number of Topliss-reactive ketones (excluding diaryl/α,β-unsaturated/α-hetero) is 1. The van der Waals surface area contributed by atoms with Gasteiger partial charge in [-0.2, -0.15) is 0 Å². The van der Waals surface area contributed by atoms with E-state index in [1.165, 1.54) is 12.1 Å². The summed E-state index contributed by atoms with van der Waals surface area (Å²) < 4.78 is 29.8. The van der Waals surface area contributed by atoms with Crippen LogP contribution in [-0.2, 0) is 23.9 Å². The maximum Gasteiger partial charge on any atom is 0.336 e. The van der Waals surface area contributed by atoms with Gasteiger partial charge >= 0.3 is 11.9 Å².